The molecule has 1 amide bonds. The fourth-order valence-corrected chi connectivity index (χ4v) is 2.28. The normalized spacial score (nSPS) is 14.0. The zero-order chi connectivity index (χ0) is 18.1. The van der Waals surface area contributed by atoms with Gasteiger partial charge in [-0.3, -0.25) is 13.8 Å². The third-order valence-corrected chi connectivity index (χ3v) is 3.28. The molecule has 0 saturated heterocycles. The zero-order valence-electron chi connectivity index (χ0n) is 12.8. The van der Waals surface area contributed by atoms with Crippen LogP contribution in [0.5, 0.6) is 0 Å². The van der Waals surface area contributed by atoms with Crippen molar-refractivity contribution in [2.45, 2.75) is 38.9 Å². The summed E-state index contributed by atoms with van der Waals surface area (Å²) < 4.78 is 35.0. The van der Waals surface area contributed by atoms with E-state index in [9.17, 15) is 13.9 Å². The van der Waals surface area contributed by atoms with Crippen molar-refractivity contribution in [3.63, 3.8) is 0 Å². The molecule has 13 heteroatoms. The SMILES string of the molecule is CC(C)OCCCNC(=O)CC(COP(=O)(O)O)OP(=O)(O)O. The number of phosphoric ester groups is 2. The summed E-state index contributed by atoms with van der Waals surface area (Å²) >= 11 is 0. The predicted octanol–water partition coefficient (Wildman–Crippen LogP) is -0.105. The van der Waals surface area contributed by atoms with Crippen LogP contribution in [0.3, 0.4) is 0 Å². The Morgan fingerprint density at radius 1 is 1.13 bits per heavy atom. The fraction of sp³-hybridized carbons (Fsp3) is 0.900. The van der Waals surface area contributed by atoms with Gasteiger partial charge >= 0.3 is 15.6 Å². The molecule has 0 aromatic carbocycles. The van der Waals surface area contributed by atoms with Gasteiger partial charge in [-0.1, -0.05) is 0 Å². The maximum absolute atomic E-state index is 11.6. The van der Waals surface area contributed by atoms with E-state index in [0.29, 0.717) is 13.0 Å². The first-order valence-electron chi connectivity index (χ1n) is 6.71. The van der Waals surface area contributed by atoms with Crippen LogP contribution in [-0.4, -0.2) is 57.4 Å². The van der Waals surface area contributed by atoms with Crippen LogP contribution in [0.15, 0.2) is 0 Å². The molecule has 0 bridgehead atoms. The maximum atomic E-state index is 11.6. The topological polar surface area (TPSA) is 172 Å². The second-order valence-electron chi connectivity index (χ2n) is 4.83. The largest absolute Gasteiger partial charge is 0.469 e. The molecule has 11 nitrogen and oxygen atoms in total. The van der Waals surface area contributed by atoms with Gasteiger partial charge in [0.15, 0.2) is 0 Å². The van der Waals surface area contributed by atoms with Gasteiger partial charge in [0.05, 0.1) is 19.1 Å². The minimum Gasteiger partial charge on any atom is -0.379 e. The summed E-state index contributed by atoms with van der Waals surface area (Å²) in [5.41, 5.74) is 0. The van der Waals surface area contributed by atoms with Crippen LogP contribution in [0.2, 0.25) is 0 Å². The van der Waals surface area contributed by atoms with Gasteiger partial charge in [0.1, 0.15) is 6.10 Å². The molecule has 138 valence electrons. The van der Waals surface area contributed by atoms with E-state index >= 15 is 0 Å². The van der Waals surface area contributed by atoms with E-state index in [0.717, 1.165) is 0 Å². The molecule has 1 unspecified atom stereocenters. The number of hydrogen-bond donors (Lipinski definition) is 5. The molecule has 0 rings (SSSR count). The molecular weight excluding hydrogens is 356 g/mol. The summed E-state index contributed by atoms with van der Waals surface area (Å²) in [4.78, 5) is 46.2. The lowest BCUT2D eigenvalue weighted by molar-refractivity contribution is -0.123. The predicted molar refractivity (Wildman–Crippen MR) is 78.2 cm³/mol. The average molecular weight is 379 g/mol. The Morgan fingerprint density at radius 2 is 1.74 bits per heavy atom. The van der Waals surface area contributed by atoms with Gasteiger partial charge in [0, 0.05) is 13.2 Å². The first-order valence-corrected chi connectivity index (χ1v) is 9.77. The highest BCUT2D eigenvalue weighted by atomic mass is 31.2. The summed E-state index contributed by atoms with van der Waals surface area (Å²) in [7, 11) is -9.79. The van der Waals surface area contributed by atoms with Gasteiger partial charge in [-0.05, 0) is 20.3 Å². The lowest BCUT2D eigenvalue weighted by Crippen LogP contribution is -2.31. The molecule has 0 aliphatic rings. The van der Waals surface area contributed by atoms with Crippen molar-refractivity contribution in [3.05, 3.63) is 0 Å². The molecule has 1 atom stereocenters. The standard InChI is InChI=1S/C10H23NO10P2/c1-8(2)19-5-3-4-11-10(12)6-9(21-23(16,17)18)7-20-22(13,14)15/h8-9H,3-7H2,1-2H3,(H,11,12)(H2,13,14,15)(H2,16,17,18). The summed E-state index contributed by atoms with van der Waals surface area (Å²) in [6.07, 6.45) is -1.44. The molecule has 0 saturated carbocycles. The highest BCUT2D eigenvalue weighted by Gasteiger charge is 2.27. The average Bonchev–Trinajstić information content (AvgIpc) is 2.32. The van der Waals surface area contributed by atoms with Gasteiger partial charge in [0.25, 0.3) is 0 Å². The van der Waals surface area contributed by atoms with Crippen LogP contribution in [0.25, 0.3) is 0 Å². The number of amides is 1. The van der Waals surface area contributed by atoms with Crippen molar-refractivity contribution in [3.8, 4) is 0 Å². The number of rotatable bonds is 12. The lowest BCUT2D eigenvalue weighted by atomic mass is 10.2. The number of carbonyl (C=O) groups is 1. The Morgan fingerprint density at radius 3 is 2.22 bits per heavy atom. The number of hydrogen-bond acceptors (Lipinski definition) is 6. The Kier molecular flexibility index (Phi) is 10.3. The fourth-order valence-electron chi connectivity index (χ4n) is 1.40. The van der Waals surface area contributed by atoms with Crippen molar-refractivity contribution in [1.82, 2.24) is 5.32 Å². The van der Waals surface area contributed by atoms with Crippen LogP contribution >= 0.6 is 15.6 Å². The second kappa shape index (κ2) is 10.5. The molecule has 0 spiro atoms. The molecule has 0 aromatic rings. The smallest absolute Gasteiger partial charge is 0.379 e. The highest BCUT2D eigenvalue weighted by molar-refractivity contribution is 7.46. The lowest BCUT2D eigenvalue weighted by Gasteiger charge is -2.18. The minimum atomic E-state index is -4.94. The number of ether oxygens (including phenoxy) is 1. The van der Waals surface area contributed by atoms with Crippen LogP contribution < -0.4 is 5.32 Å². The highest BCUT2D eigenvalue weighted by Crippen LogP contribution is 2.41. The van der Waals surface area contributed by atoms with E-state index in [-0.39, 0.29) is 12.6 Å². The van der Waals surface area contributed by atoms with Gasteiger partial charge in [0.2, 0.25) is 5.91 Å². The molecule has 0 aliphatic carbocycles. The van der Waals surface area contributed by atoms with E-state index in [2.05, 4.69) is 14.4 Å². The van der Waals surface area contributed by atoms with Crippen molar-refractivity contribution in [2.75, 3.05) is 19.8 Å². The van der Waals surface area contributed by atoms with Gasteiger partial charge in [-0.15, -0.1) is 0 Å². The van der Waals surface area contributed by atoms with Gasteiger partial charge < -0.3 is 29.6 Å². The quantitative estimate of drug-likeness (QED) is 0.228. The Bertz CT molecular complexity index is 445. The first-order chi connectivity index (χ1) is 10.4. The molecule has 0 heterocycles. The summed E-state index contributed by atoms with van der Waals surface area (Å²) in [5.74, 6) is -0.609. The molecule has 0 fully saturated rings. The minimum absolute atomic E-state index is 0.0662. The van der Waals surface area contributed by atoms with E-state index in [4.69, 9.17) is 24.3 Å². The molecule has 23 heavy (non-hydrogen) atoms. The van der Waals surface area contributed by atoms with E-state index < -0.39 is 40.7 Å². The third kappa shape index (κ3) is 16.3. The van der Waals surface area contributed by atoms with E-state index in [1.807, 2.05) is 13.8 Å². The molecule has 0 aromatic heterocycles. The monoisotopic (exact) mass is 379 g/mol. The van der Waals surface area contributed by atoms with Crippen LogP contribution in [0.4, 0.5) is 0 Å². The van der Waals surface area contributed by atoms with Crippen molar-refractivity contribution in [2.24, 2.45) is 0 Å². The molecule has 0 aliphatic heterocycles. The van der Waals surface area contributed by atoms with E-state index in [1.165, 1.54) is 0 Å². The van der Waals surface area contributed by atoms with E-state index in [1.54, 1.807) is 0 Å². The van der Waals surface area contributed by atoms with Crippen LogP contribution in [0.1, 0.15) is 26.7 Å². The van der Waals surface area contributed by atoms with Crippen molar-refractivity contribution in [1.29, 1.82) is 0 Å². The van der Waals surface area contributed by atoms with Crippen molar-refractivity contribution >= 4 is 21.6 Å². The molecule has 5 N–H and O–H groups in total. The molecule has 0 radical (unpaired) electrons. The zero-order valence-corrected chi connectivity index (χ0v) is 14.6. The maximum Gasteiger partial charge on any atom is 0.469 e. The first kappa shape index (κ1) is 22.6. The van der Waals surface area contributed by atoms with Gasteiger partial charge in [-0.2, -0.15) is 0 Å². The van der Waals surface area contributed by atoms with Crippen LogP contribution in [0, 0.1) is 0 Å². The summed E-state index contributed by atoms with van der Waals surface area (Å²) in [6.45, 7) is 3.59. The molecular formula is C10H23NO10P2. The Hall–Kier alpha value is -0.350. The van der Waals surface area contributed by atoms with Crippen molar-refractivity contribution < 1.29 is 47.3 Å². The van der Waals surface area contributed by atoms with Gasteiger partial charge in [-0.25, -0.2) is 9.13 Å². The number of phosphoric acid groups is 2. The second-order valence-corrected chi connectivity index (χ2v) is 7.26. The van der Waals surface area contributed by atoms with Crippen LogP contribution in [-0.2, 0) is 27.7 Å². The number of carbonyl (C=O) groups excluding carboxylic acids is 1. The summed E-state index contributed by atoms with van der Waals surface area (Å²) in [6, 6.07) is 0. The summed E-state index contributed by atoms with van der Waals surface area (Å²) in [5, 5.41) is 2.47. The Labute approximate surface area is 133 Å². The number of nitrogens with one attached hydrogen (secondary N) is 1. The third-order valence-electron chi connectivity index (χ3n) is 2.22. The Balaban J connectivity index is 4.26.